The van der Waals surface area contributed by atoms with Gasteiger partial charge in [0.15, 0.2) is 0 Å². The first-order valence-corrected chi connectivity index (χ1v) is 18.6. The molecule has 10 rings (SSSR count). The van der Waals surface area contributed by atoms with Gasteiger partial charge in [0.1, 0.15) is 54.1 Å². The van der Waals surface area contributed by atoms with Crippen LogP contribution in [0.5, 0.6) is 11.5 Å². The van der Waals surface area contributed by atoms with Crippen molar-refractivity contribution in [3.8, 4) is 22.9 Å². The molecule has 0 saturated carbocycles. The Morgan fingerprint density at radius 2 is 1.17 bits per heavy atom. The number of aromatic carboxylic acids is 1. The fourth-order valence-electron chi connectivity index (χ4n) is 6.48. The van der Waals surface area contributed by atoms with Crippen LogP contribution in [-0.2, 0) is 12.8 Å². The maximum Gasteiger partial charge on any atom is 0.375 e. The Hall–Kier alpha value is -7.92. The largest absolute Gasteiger partial charge is 0.489 e. The van der Waals surface area contributed by atoms with Crippen molar-refractivity contribution in [3.63, 3.8) is 0 Å². The molecule has 0 radical (unpaired) electrons. The van der Waals surface area contributed by atoms with E-state index in [0.717, 1.165) is 39.8 Å². The van der Waals surface area contributed by atoms with Gasteiger partial charge in [0.05, 0.1) is 17.4 Å². The van der Waals surface area contributed by atoms with Crippen LogP contribution >= 0.6 is 0 Å². The van der Waals surface area contributed by atoms with Gasteiger partial charge in [-0.05, 0) is 35.4 Å². The maximum atomic E-state index is 12.7. The molecule has 296 valence electrons. The standard InChI is InChI=1S/C21H18N6O2.C11H11N3O.C10H9N3O2/c28-21(19-24-18(25-26-19)12-14-6-2-1-3-7-14)23-15-13-29-17-9-5-4-8-16(17)27-11-10-22-20(15)27;12-8-7-15-10-4-2-1-3-9(10)14-6-5-13-11(8)14;14-10(15)9-11-8(12-13-9)6-7-4-2-1-3-5-7/h1-11,15H,12-13H2,(H,23,28)(H,24,25,26);1-6,8H,7,12H2;1-5H,6H2,(H,14,15)(H,11,12,13)/t15-;8-;/m00./s1. The molecule has 17 heteroatoms. The number of nitrogens with one attached hydrogen (secondary N) is 3. The predicted octanol–water partition coefficient (Wildman–Crippen LogP) is 4.80. The van der Waals surface area contributed by atoms with E-state index in [1.54, 1.807) is 12.4 Å². The first-order valence-electron chi connectivity index (χ1n) is 18.6. The highest BCUT2D eigenvalue weighted by Gasteiger charge is 2.27. The van der Waals surface area contributed by atoms with Gasteiger partial charge in [-0.25, -0.2) is 24.7 Å². The van der Waals surface area contributed by atoms with Crippen molar-refractivity contribution in [2.24, 2.45) is 5.73 Å². The number of carboxylic acids is 1. The van der Waals surface area contributed by atoms with E-state index in [9.17, 15) is 9.59 Å². The molecule has 17 nitrogen and oxygen atoms in total. The zero-order chi connectivity index (χ0) is 40.6. The monoisotopic (exact) mass is 790 g/mol. The number of rotatable bonds is 7. The lowest BCUT2D eigenvalue weighted by atomic mass is 10.1. The average Bonchev–Trinajstić information content (AvgIpc) is 4.10. The Bertz CT molecular complexity index is 2650. The number of benzene rings is 4. The number of carbonyl (C=O) groups excluding carboxylic acids is 1. The van der Waals surface area contributed by atoms with Gasteiger partial charge < -0.3 is 25.6 Å². The highest BCUT2D eigenvalue weighted by atomic mass is 16.5. The molecule has 4 aromatic carbocycles. The summed E-state index contributed by atoms with van der Waals surface area (Å²) in [5.41, 5.74) is 10.00. The van der Waals surface area contributed by atoms with E-state index in [2.05, 4.69) is 45.6 Å². The molecule has 59 heavy (non-hydrogen) atoms. The highest BCUT2D eigenvalue weighted by molar-refractivity contribution is 5.90. The lowest BCUT2D eigenvalue weighted by molar-refractivity contribution is 0.0683. The van der Waals surface area contributed by atoms with Crippen molar-refractivity contribution >= 4 is 11.9 Å². The quantitative estimate of drug-likeness (QED) is 0.147. The number of aromatic nitrogens is 10. The number of hydrogen-bond acceptors (Lipinski definition) is 11. The van der Waals surface area contributed by atoms with Crippen molar-refractivity contribution in [1.82, 2.24) is 54.8 Å². The van der Waals surface area contributed by atoms with Crippen LogP contribution in [0.4, 0.5) is 0 Å². The van der Waals surface area contributed by atoms with Gasteiger partial charge in [0.2, 0.25) is 5.82 Å². The summed E-state index contributed by atoms with van der Waals surface area (Å²) in [5, 5.41) is 24.6. The SMILES string of the molecule is N[C@H]1COc2ccccc2-n2ccnc21.O=C(N[C@H]1COc2ccccc2-n2ccnc21)c1n[nH]c(Cc2ccccc2)n1.O=C(O)c1n[nH]c(Cc2ccccc2)n1. The molecule has 4 aromatic heterocycles. The molecule has 0 aliphatic carbocycles. The number of nitrogens with zero attached hydrogens (tertiary/aromatic N) is 8. The summed E-state index contributed by atoms with van der Waals surface area (Å²) in [6.45, 7) is 0.731. The first-order chi connectivity index (χ1) is 28.9. The number of aromatic amines is 2. The second kappa shape index (κ2) is 17.5. The van der Waals surface area contributed by atoms with Crippen LogP contribution in [-0.4, -0.2) is 79.7 Å². The molecular formula is C42H38N12O5. The highest BCUT2D eigenvalue weighted by Crippen LogP contribution is 2.31. The minimum Gasteiger partial charge on any atom is -0.489 e. The minimum absolute atomic E-state index is 0.0933. The lowest BCUT2D eigenvalue weighted by Crippen LogP contribution is -2.33. The van der Waals surface area contributed by atoms with E-state index in [0.29, 0.717) is 36.9 Å². The molecule has 2 aliphatic heterocycles. The fourth-order valence-corrected chi connectivity index (χ4v) is 6.48. The number of carbonyl (C=O) groups is 2. The lowest BCUT2D eigenvalue weighted by Gasteiger charge is -2.15. The van der Waals surface area contributed by atoms with Crippen LogP contribution < -0.4 is 20.5 Å². The predicted molar refractivity (Wildman–Crippen MR) is 213 cm³/mol. The third kappa shape index (κ3) is 8.90. The molecule has 2 aliphatic rings. The summed E-state index contributed by atoms with van der Waals surface area (Å²) in [5.74, 6) is 2.72. The summed E-state index contributed by atoms with van der Waals surface area (Å²) in [7, 11) is 0. The molecule has 6 heterocycles. The number of amides is 1. The van der Waals surface area contributed by atoms with Gasteiger partial charge in [-0.3, -0.25) is 24.1 Å². The molecule has 1 amide bonds. The van der Waals surface area contributed by atoms with Crippen LogP contribution in [0.3, 0.4) is 0 Å². The minimum atomic E-state index is -1.12. The van der Waals surface area contributed by atoms with Gasteiger partial charge in [-0.1, -0.05) is 84.9 Å². The van der Waals surface area contributed by atoms with E-state index >= 15 is 0 Å². The molecule has 0 unspecified atom stereocenters. The van der Waals surface area contributed by atoms with E-state index in [4.69, 9.17) is 20.3 Å². The van der Waals surface area contributed by atoms with Gasteiger partial charge in [-0.2, -0.15) is 0 Å². The van der Waals surface area contributed by atoms with Gasteiger partial charge in [-0.15, -0.1) is 10.2 Å². The number of nitrogens with two attached hydrogens (primary N) is 1. The molecular weight excluding hydrogens is 753 g/mol. The van der Waals surface area contributed by atoms with Crippen LogP contribution in [0.2, 0.25) is 0 Å². The van der Waals surface area contributed by atoms with Gasteiger partial charge in [0.25, 0.3) is 11.7 Å². The Morgan fingerprint density at radius 3 is 1.75 bits per heavy atom. The van der Waals surface area contributed by atoms with Crippen LogP contribution in [0, 0.1) is 0 Å². The topological polar surface area (TPSA) is 230 Å². The molecule has 0 bridgehead atoms. The van der Waals surface area contributed by atoms with E-state index in [-0.39, 0.29) is 30.2 Å². The second-order valence-corrected chi connectivity index (χ2v) is 13.3. The number of carboxylic acid groups (broad SMARTS) is 1. The Kier molecular flexibility index (Phi) is 11.3. The molecule has 2 atom stereocenters. The second-order valence-electron chi connectivity index (χ2n) is 13.3. The third-order valence-electron chi connectivity index (χ3n) is 9.25. The van der Waals surface area contributed by atoms with Crippen LogP contribution in [0.25, 0.3) is 11.4 Å². The summed E-state index contributed by atoms with van der Waals surface area (Å²) in [4.78, 5) is 40.1. The van der Waals surface area contributed by atoms with Crippen molar-refractivity contribution in [2.45, 2.75) is 24.9 Å². The number of para-hydroxylation sites is 4. The smallest absolute Gasteiger partial charge is 0.375 e. The number of imidazole rings is 2. The normalized spacial score (nSPS) is 14.7. The molecule has 0 fully saturated rings. The van der Waals surface area contributed by atoms with Gasteiger partial charge >= 0.3 is 5.97 Å². The van der Waals surface area contributed by atoms with Crippen LogP contribution in [0.1, 0.15) is 67.7 Å². The molecule has 8 aromatic rings. The summed E-state index contributed by atoms with van der Waals surface area (Å²) in [6, 6.07) is 34.5. The average molecular weight is 791 g/mol. The number of H-pyrrole nitrogens is 2. The number of hydrogen-bond donors (Lipinski definition) is 5. The third-order valence-corrected chi connectivity index (χ3v) is 9.25. The zero-order valence-electron chi connectivity index (χ0n) is 31.4. The van der Waals surface area contributed by atoms with E-state index in [1.165, 1.54) is 0 Å². The maximum absolute atomic E-state index is 12.7. The Morgan fingerprint density at radius 1 is 0.678 bits per heavy atom. The molecule has 6 N–H and O–H groups in total. The van der Waals surface area contributed by atoms with E-state index in [1.807, 2.05) is 131 Å². The van der Waals surface area contributed by atoms with Crippen molar-refractivity contribution < 1.29 is 24.2 Å². The van der Waals surface area contributed by atoms with Crippen molar-refractivity contribution in [3.05, 3.63) is 180 Å². The zero-order valence-corrected chi connectivity index (χ0v) is 31.4. The Balaban J connectivity index is 0.000000136. The number of fused-ring (bicyclic) bond motifs is 6. The summed E-state index contributed by atoms with van der Waals surface area (Å²) >= 11 is 0. The number of ether oxygens (including phenoxy) is 2. The summed E-state index contributed by atoms with van der Waals surface area (Å²) < 4.78 is 15.4. The van der Waals surface area contributed by atoms with Crippen LogP contribution in [0.15, 0.2) is 134 Å². The molecule has 0 spiro atoms. The fraction of sp³-hybridized carbons (Fsp3) is 0.143. The molecule has 0 saturated heterocycles. The summed E-state index contributed by atoms with van der Waals surface area (Å²) in [6.07, 6.45) is 8.36. The van der Waals surface area contributed by atoms with Gasteiger partial charge in [0, 0.05) is 37.6 Å². The Labute approximate surface area is 336 Å². The van der Waals surface area contributed by atoms with Crippen molar-refractivity contribution in [1.29, 1.82) is 0 Å². The van der Waals surface area contributed by atoms with E-state index < -0.39 is 12.0 Å². The first kappa shape index (κ1) is 38.0. The van der Waals surface area contributed by atoms with Crippen molar-refractivity contribution in [2.75, 3.05) is 13.2 Å².